The van der Waals surface area contributed by atoms with Crippen molar-refractivity contribution in [3.05, 3.63) is 28.3 Å². The monoisotopic (exact) mass is 293 g/mol. The predicted molar refractivity (Wildman–Crippen MR) is 82.2 cm³/mol. The van der Waals surface area contributed by atoms with Gasteiger partial charge in [-0.15, -0.1) is 0 Å². The number of likely N-dealkylation sites (tertiary alicyclic amines) is 1. The highest BCUT2D eigenvalue weighted by Gasteiger charge is 2.25. The van der Waals surface area contributed by atoms with Gasteiger partial charge in [-0.05, 0) is 63.7 Å². The minimum atomic E-state index is -0.183. The van der Waals surface area contributed by atoms with E-state index in [1.165, 1.54) is 0 Å². The van der Waals surface area contributed by atoms with Crippen LogP contribution in [0.15, 0.2) is 12.1 Å². The van der Waals surface area contributed by atoms with E-state index in [4.69, 9.17) is 12.2 Å². The zero-order valence-corrected chi connectivity index (χ0v) is 12.9. The van der Waals surface area contributed by atoms with Gasteiger partial charge >= 0.3 is 0 Å². The van der Waals surface area contributed by atoms with Gasteiger partial charge in [0, 0.05) is 18.6 Å². The van der Waals surface area contributed by atoms with Crippen LogP contribution in [0.2, 0.25) is 0 Å². The first kappa shape index (κ1) is 13.8. The van der Waals surface area contributed by atoms with Crippen molar-refractivity contribution in [1.29, 1.82) is 0 Å². The molecule has 1 N–H and O–H groups in total. The molecule has 108 valence electrons. The number of imidazole rings is 1. The maximum atomic E-state index is 13.7. The topological polar surface area (TPSA) is 24.0 Å². The zero-order chi connectivity index (χ0) is 14.4. The van der Waals surface area contributed by atoms with Crippen LogP contribution in [0.1, 0.15) is 31.4 Å². The summed E-state index contributed by atoms with van der Waals surface area (Å²) in [4.78, 5) is 5.52. The molecule has 2 heterocycles. The molecule has 20 heavy (non-hydrogen) atoms. The van der Waals surface area contributed by atoms with Gasteiger partial charge in [0.1, 0.15) is 5.82 Å². The number of fused-ring (bicyclic) bond motifs is 1. The second kappa shape index (κ2) is 4.97. The summed E-state index contributed by atoms with van der Waals surface area (Å²) in [6.45, 7) is 5.11. The Labute approximate surface area is 123 Å². The number of aryl methyl sites for hydroxylation is 1. The molecule has 1 fully saturated rings. The number of hydrogen-bond acceptors (Lipinski definition) is 2. The summed E-state index contributed by atoms with van der Waals surface area (Å²) in [6, 6.07) is 4.39. The third-order valence-corrected chi connectivity index (χ3v) is 4.84. The van der Waals surface area contributed by atoms with Crippen LogP contribution in [-0.4, -0.2) is 34.1 Å². The van der Waals surface area contributed by atoms with Crippen LogP contribution in [-0.2, 0) is 0 Å². The van der Waals surface area contributed by atoms with E-state index in [9.17, 15) is 4.39 Å². The quantitative estimate of drug-likeness (QED) is 0.809. The molecule has 2 aromatic rings. The minimum absolute atomic E-state index is 0.183. The van der Waals surface area contributed by atoms with Crippen molar-refractivity contribution in [1.82, 2.24) is 14.5 Å². The Morgan fingerprint density at radius 2 is 2.15 bits per heavy atom. The molecule has 0 saturated carbocycles. The molecule has 0 radical (unpaired) electrons. The van der Waals surface area contributed by atoms with Gasteiger partial charge in [0.05, 0.1) is 11.0 Å². The van der Waals surface area contributed by atoms with Gasteiger partial charge in [0.2, 0.25) is 0 Å². The summed E-state index contributed by atoms with van der Waals surface area (Å²) in [5, 5.41) is 0. The van der Waals surface area contributed by atoms with E-state index in [1.54, 1.807) is 13.0 Å². The van der Waals surface area contributed by atoms with Crippen LogP contribution in [0, 0.1) is 17.5 Å². The largest absolute Gasteiger partial charge is 0.330 e. The normalized spacial score (nSPS) is 24.4. The number of aromatic nitrogens is 2. The van der Waals surface area contributed by atoms with Gasteiger partial charge in [-0.3, -0.25) is 0 Å². The fourth-order valence-corrected chi connectivity index (χ4v) is 3.47. The summed E-state index contributed by atoms with van der Waals surface area (Å²) in [5.74, 6) is -0.183. The first-order chi connectivity index (χ1) is 9.47. The fraction of sp³-hybridized carbons (Fsp3) is 0.533. The Hall–Kier alpha value is -1.20. The van der Waals surface area contributed by atoms with Gasteiger partial charge in [-0.25, -0.2) is 4.39 Å². The third kappa shape index (κ3) is 2.19. The van der Waals surface area contributed by atoms with E-state index < -0.39 is 0 Å². The summed E-state index contributed by atoms with van der Waals surface area (Å²) < 4.78 is 16.6. The highest BCUT2D eigenvalue weighted by Crippen LogP contribution is 2.30. The predicted octanol–water partition coefficient (Wildman–Crippen LogP) is 3.80. The smallest absolute Gasteiger partial charge is 0.178 e. The highest BCUT2D eigenvalue weighted by molar-refractivity contribution is 7.71. The number of benzene rings is 1. The van der Waals surface area contributed by atoms with Crippen LogP contribution >= 0.6 is 12.2 Å². The van der Waals surface area contributed by atoms with Crippen molar-refractivity contribution >= 4 is 23.3 Å². The first-order valence-corrected chi connectivity index (χ1v) is 7.49. The number of piperidine rings is 1. The number of hydrogen-bond donors (Lipinski definition) is 1. The second-order valence-electron chi connectivity index (χ2n) is 5.93. The molecule has 2 unspecified atom stereocenters. The molecule has 1 aromatic carbocycles. The average molecular weight is 293 g/mol. The van der Waals surface area contributed by atoms with Gasteiger partial charge in [0.15, 0.2) is 4.77 Å². The minimum Gasteiger partial charge on any atom is -0.330 e. The molecule has 2 atom stereocenters. The van der Waals surface area contributed by atoms with Crippen LogP contribution in [0.3, 0.4) is 0 Å². The van der Waals surface area contributed by atoms with E-state index in [-0.39, 0.29) is 5.82 Å². The van der Waals surface area contributed by atoms with Crippen molar-refractivity contribution in [2.75, 3.05) is 13.6 Å². The molecule has 3 rings (SSSR count). The van der Waals surface area contributed by atoms with E-state index in [0.717, 1.165) is 30.4 Å². The average Bonchev–Trinajstić information content (AvgIpc) is 2.69. The Morgan fingerprint density at radius 3 is 2.85 bits per heavy atom. The molecule has 5 heteroatoms. The highest BCUT2D eigenvalue weighted by atomic mass is 32.1. The molecule has 0 aliphatic carbocycles. The lowest BCUT2D eigenvalue weighted by molar-refractivity contribution is 0.158. The van der Waals surface area contributed by atoms with Crippen molar-refractivity contribution in [3.8, 4) is 0 Å². The van der Waals surface area contributed by atoms with Crippen LogP contribution in [0.25, 0.3) is 11.0 Å². The Balaban J connectivity index is 2.09. The second-order valence-corrected chi connectivity index (χ2v) is 6.31. The zero-order valence-electron chi connectivity index (χ0n) is 12.1. The third-order valence-electron chi connectivity index (χ3n) is 4.54. The molecule has 0 spiro atoms. The van der Waals surface area contributed by atoms with E-state index in [2.05, 4.69) is 28.4 Å². The molecule has 1 aliphatic heterocycles. The number of nitrogens with one attached hydrogen (secondary N) is 1. The van der Waals surface area contributed by atoms with Crippen molar-refractivity contribution in [2.45, 2.75) is 38.8 Å². The number of H-pyrrole nitrogens is 1. The summed E-state index contributed by atoms with van der Waals surface area (Å²) >= 11 is 5.46. The molecule has 1 aliphatic rings. The van der Waals surface area contributed by atoms with Crippen LogP contribution in [0.4, 0.5) is 4.39 Å². The maximum absolute atomic E-state index is 13.7. The van der Waals surface area contributed by atoms with E-state index in [1.807, 2.05) is 6.07 Å². The van der Waals surface area contributed by atoms with Crippen LogP contribution < -0.4 is 0 Å². The molecular formula is C15H20FN3S. The van der Waals surface area contributed by atoms with Gasteiger partial charge in [0.25, 0.3) is 0 Å². The maximum Gasteiger partial charge on any atom is 0.178 e. The standard InChI is InChI=1S/C15H20FN3S/c1-9-6-14-13(8-12(9)16)17-15(20)19(14)11-4-5-18(3)10(2)7-11/h6,8,10-11H,4-5,7H2,1-3H3,(H,17,20). The summed E-state index contributed by atoms with van der Waals surface area (Å²) in [7, 11) is 2.16. The van der Waals surface area contributed by atoms with Crippen molar-refractivity contribution in [2.24, 2.45) is 0 Å². The molecule has 0 bridgehead atoms. The summed E-state index contributed by atoms with van der Waals surface area (Å²) in [6.07, 6.45) is 2.16. The number of halogens is 1. The Bertz CT molecular complexity index is 703. The lowest BCUT2D eigenvalue weighted by atomic mass is 9.98. The number of rotatable bonds is 1. The van der Waals surface area contributed by atoms with Gasteiger partial charge in [-0.1, -0.05) is 0 Å². The molecular weight excluding hydrogens is 273 g/mol. The fourth-order valence-electron chi connectivity index (χ4n) is 3.11. The van der Waals surface area contributed by atoms with Gasteiger partial charge < -0.3 is 14.5 Å². The molecule has 3 nitrogen and oxygen atoms in total. The SMILES string of the molecule is Cc1cc2c(cc1F)[nH]c(=S)n2C1CCN(C)C(C)C1. The molecule has 1 aromatic heterocycles. The van der Waals surface area contributed by atoms with Gasteiger partial charge in [-0.2, -0.15) is 0 Å². The first-order valence-electron chi connectivity index (χ1n) is 7.08. The van der Waals surface area contributed by atoms with Crippen LogP contribution in [0.5, 0.6) is 0 Å². The van der Waals surface area contributed by atoms with Crippen molar-refractivity contribution < 1.29 is 4.39 Å². The Kier molecular flexibility index (Phi) is 3.42. The lowest BCUT2D eigenvalue weighted by Crippen LogP contribution is -2.38. The summed E-state index contributed by atoms with van der Waals surface area (Å²) in [5.41, 5.74) is 2.49. The number of nitrogens with zero attached hydrogens (tertiary/aromatic N) is 2. The molecule has 1 saturated heterocycles. The number of aromatic amines is 1. The van der Waals surface area contributed by atoms with E-state index >= 15 is 0 Å². The van der Waals surface area contributed by atoms with E-state index in [0.29, 0.717) is 22.4 Å². The van der Waals surface area contributed by atoms with Crippen molar-refractivity contribution in [3.63, 3.8) is 0 Å². The lowest BCUT2D eigenvalue weighted by Gasteiger charge is -2.35. The molecule has 0 amide bonds. The Morgan fingerprint density at radius 1 is 1.40 bits per heavy atom.